The first-order chi connectivity index (χ1) is 10.7. The lowest BCUT2D eigenvalue weighted by molar-refractivity contribution is -0.121. The number of hydrogen-bond donors (Lipinski definition) is 2. The maximum absolute atomic E-state index is 11.9. The summed E-state index contributed by atoms with van der Waals surface area (Å²) in [4.78, 5) is 27.5. The largest absolute Gasteiger partial charge is 0.352 e. The molecule has 0 bridgehead atoms. The van der Waals surface area contributed by atoms with Gasteiger partial charge in [0.1, 0.15) is 0 Å². The Hall–Kier alpha value is -2.21. The van der Waals surface area contributed by atoms with Gasteiger partial charge in [0.15, 0.2) is 0 Å². The van der Waals surface area contributed by atoms with Gasteiger partial charge in [-0.2, -0.15) is 11.3 Å². The molecule has 2 N–H and O–H groups in total. The Labute approximate surface area is 133 Å². The summed E-state index contributed by atoms with van der Waals surface area (Å²) in [6.45, 7) is 2.43. The SMILES string of the molecule is CC(NC(=O)CCCNC(=O)c1ccsc1)c1ccncc1. The highest BCUT2D eigenvalue weighted by molar-refractivity contribution is 7.08. The fourth-order valence-corrected chi connectivity index (χ4v) is 2.63. The molecule has 0 aromatic carbocycles. The molecule has 2 rings (SSSR count). The van der Waals surface area contributed by atoms with Crippen LogP contribution in [0.5, 0.6) is 0 Å². The molecule has 2 aromatic heterocycles. The van der Waals surface area contributed by atoms with Gasteiger partial charge in [-0.05, 0) is 42.5 Å². The molecule has 0 saturated heterocycles. The van der Waals surface area contributed by atoms with Crippen molar-refractivity contribution < 1.29 is 9.59 Å². The van der Waals surface area contributed by atoms with Gasteiger partial charge in [-0.25, -0.2) is 0 Å². The van der Waals surface area contributed by atoms with Crippen LogP contribution in [0.15, 0.2) is 41.4 Å². The van der Waals surface area contributed by atoms with Gasteiger partial charge in [0.2, 0.25) is 5.91 Å². The van der Waals surface area contributed by atoms with Crippen molar-refractivity contribution in [1.29, 1.82) is 0 Å². The van der Waals surface area contributed by atoms with Crippen LogP contribution in [0.3, 0.4) is 0 Å². The number of pyridine rings is 1. The van der Waals surface area contributed by atoms with E-state index in [9.17, 15) is 9.59 Å². The van der Waals surface area contributed by atoms with Crippen molar-refractivity contribution in [1.82, 2.24) is 15.6 Å². The first-order valence-corrected chi connectivity index (χ1v) is 8.11. The Balaban J connectivity index is 1.65. The molecule has 22 heavy (non-hydrogen) atoms. The molecule has 2 aromatic rings. The standard InChI is InChI=1S/C16H19N3O2S/c1-12(13-4-8-17-9-5-13)19-15(20)3-2-7-18-16(21)14-6-10-22-11-14/h4-6,8-12H,2-3,7H2,1H3,(H,18,21)(H,19,20). The molecular formula is C16H19N3O2S. The second kappa shape index (κ2) is 8.29. The molecule has 0 saturated carbocycles. The number of hydrogen-bond acceptors (Lipinski definition) is 4. The second-order valence-electron chi connectivity index (χ2n) is 4.94. The smallest absolute Gasteiger partial charge is 0.252 e. The Morgan fingerprint density at radius 1 is 1.27 bits per heavy atom. The first kappa shape index (κ1) is 16.2. The van der Waals surface area contributed by atoms with E-state index >= 15 is 0 Å². The van der Waals surface area contributed by atoms with Gasteiger partial charge in [-0.15, -0.1) is 0 Å². The second-order valence-corrected chi connectivity index (χ2v) is 5.72. The Bertz CT molecular complexity index is 599. The molecule has 0 radical (unpaired) electrons. The number of rotatable bonds is 7. The lowest BCUT2D eigenvalue weighted by Crippen LogP contribution is -2.28. The number of aromatic nitrogens is 1. The van der Waals surface area contributed by atoms with Gasteiger partial charge < -0.3 is 10.6 Å². The number of amides is 2. The van der Waals surface area contributed by atoms with E-state index in [1.54, 1.807) is 23.8 Å². The summed E-state index contributed by atoms with van der Waals surface area (Å²) < 4.78 is 0. The van der Waals surface area contributed by atoms with Crippen LogP contribution in [0, 0.1) is 0 Å². The maximum Gasteiger partial charge on any atom is 0.252 e. The Morgan fingerprint density at radius 2 is 2.05 bits per heavy atom. The van der Waals surface area contributed by atoms with Crippen LogP contribution >= 0.6 is 11.3 Å². The normalized spacial score (nSPS) is 11.7. The quantitative estimate of drug-likeness (QED) is 0.771. The van der Waals surface area contributed by atoms with Crippen molar-refractivity contribution in [3.63, 3.8) is 0 Å². The molecule has 0 aliphatic heterocycles. The highest BCUT2D eigenvalue weighted by Crippen LogP contribution is 2.10. The molecule has 0 aliphatic carbocycles. The van der Waals surface area contributed by atoms with E-state index in [0.29, 0.717) is 24.9 Å². The molecule has 5 nitrogen and oxygen atoms in total. The first-order valence-electron chi connectivity index (χ1n) is 7.16. The summed E-state index contributed by atoms with van der Waals surface area (Å²) in [5, 5.41) is 9.41. The predicted molar refractivity (Wildman–Crippen MR) is 86.7 cm³/mol. The van der Waals surface area contributed by atoms with Crippen molar-refractivity contribution in [3.05, 3.63) is 52.5 Å². The molecule has 2 heterocycles. The van der Waals surface area contributed by atoms with Crippen LogP contribution in [0.25, 0.3) is 0 Å². The number of carbonyl (C=O) groups is 2. The van der Waals surface area contributed by atoms with Gasteiger partial charge in [0.05, 0.1) is 6.04 Å². The van der Waals surface area contributed by atoms with Gasteiger partial charge in [-0.1, -0.05) is 0 Å². The van der Waals surface area contributed by atoms with Crippen LogP contribution < -0.4 is 10.6 Å². The van der Waals surface area contributed by atoms with E-state index in [-0.39, 0.29) is 17.9 Å². The van der Waals surface area contributed by atoms with E-state index in [2.05, 4.69) is 15.6 Å². The zero-order chi connectivity index (χ0) is 15.8. The van der Waals surface area contributed by atoms with E-state index in [1.807, 2.05) is 24.4 Å². The molecular weight excluding hydrogens is 298 g/mol. The van der Waals surface area contributed by atoms with E-state index in [1.165, 1.54) is 11.3 Å². The fraction of sp³-hybridized carbons (Fsp3) is 0.312. The van der Waals surface area contributed by atoms with E-state index in [4.69, 9.17) is 0 Å². The van der Waals surface area contributed by atoms with Crippen LogP contribution in [-0.4, -0.2) is 23.3 Å². The van der Waals surface area contributed by atoms with E-state index < -0.39 is 0 Å². The summed E-state index contributed by atoms with van der Waals surface area (Å²) in [7, 11) is 0. The van der Waals surface area contributed by atoms with Gasteiger partial charge in [-0.3, -0.25) is 14.6 Å². The number of nitrogens with one attached hydrogen (secondary N) is 2. The molecule has 2 amide bonds. The van der Waals surface area contributed by atoms with Crippen LogP contribution in [-0.2, 0) is 4.79 Å². The minimum Gasteiger partial charge on any atom is -0.352 e. The van der Waals surface area contributed by atoms with Crippen molar-refractivity contribution in [2.24, 2.45) is 0 Å². The monoisotopic (exact) mass is 317 g/mol. The Morgan fingerprint density at radius 3 is 2.73 bits per heavy atom. The summed E-state index contributed by atoms with van der Waals surface area (Å²) in [5.41, 5.74) is 1.69. The molecule has 0 spiro atoms. The van der Waals surface area contributed by atoms with E-state index in [0.717, 1.165) is 5.56 Å². The summed E-state index contributed by atoms with van der Waals surface area (Å²) >= 11 is 1.49. The van der Waals surface area contributed by atoms with Crippen molar-refractivity contribution >= 4 is 23.2 Å². The average Bonchev–Trinajstić information content (AvgIpc) is 3.06. The lowest BCUT2D eigenvalue weighted by Gasteiger charge is -2.14. The van der Waals surface area contributed by atoms with Gasteiger partial charge in [0.25, 0.3) is 5.91 Å². The number of carbonyl (C=O) groups excluding carboxylic acids is 2. The predicted octanol–water partition coefficient (Wildman–Crippen LogP) is 2.53. The summed E-state index contributed by atoms with van der Waals surface area (Å²) in [6, 6.07) is 5.50. The third-order valence-electron chi connectivity index (χ3n) is 3.23. The molecule has 0 aliphatic rings. The average molecular weight is 317 g/mol. The van der Waals surface area contributed by atoms with Gasteiger partial charge in [0, 0.05) is 36.3 Å². The minimum absolute atomic E-state index is 0.0194. The molecule has 0 fully saturated rings. The molecule has 6 heteroatoms. The molecule has 1 unspecified atom stereocenters. The summed E-state index contributed by atoms with van der Waals surface area (Å²) in [5.74, 6) is -0.110. The van der Waals surface area contributed by atoms with Crippen molar-refractivity contribution in [3.8, 4) is 0 Å². The number of thiophene rings is 1. The maximum atomic E-state index is 11.9. The van der Waals surface area contributed by atoms with Crippen molar-refractivity contribution in [2.75, 3.05) is 6.54 Å². The van der Waals surface area contributed by atoms with Crippen LogP contribution in [0.2, 0.25) is 0 Å². The highest BCUT2D eigenvalue weighted by atomic mass is 32.1. The van der Waals surface area contributed by atoms with Crippen LogP contribution in [0.4, 0.5) is 0 Å². The Kier molecular flexibility index (Phi) is 6.09. The topological polar surface area (TPSA) is 71.1 Å². The highest BCUT2D eigenvalue weighted by Gasteiger charge is 2.09. The zero-order valence-electron chi connectivity index (χ0n) is 12.4. The zero-order valence-corrected chi connectivity index (χ0v) is 13.2. The summed E-state index contributed by atoms with van der Waals surface area (Å²) in [6.07, 6.45) is 4.42. The third kappa shape index (κ3) is 4.96. The van der Waals surface area contributed by atoms with Gasteiger partial charge >= 0.3 is 0 Å². The molecule has 116 valence electrons. The lowest BCUT2D eigenvalue weighted by atomic mass is 10.1. The fourth-order valence-electron chi connectivity index (χ4n) is 2.00. The minimum atomic E-state index is -0.0909. The van der Waals surface area contributed by atoms with Crippen LogP contribution in [0.1, 0.15) is 41.7 Å². The third-order valence-corrected chi connectivity index (χ3v) is 3.92. The molecule has 1 atom stereocenters. The number of nitrogens with zero attached hydrogens (tertiary/aromatic N) is 1. The van der Waals surface area contributed by atoms with Crippen molar-refractivity contribution in [2.45, 2.75) is 25.8 Å².